The molecule has 0 heterocycles. The average Bonchev–Trinajstić information content (AvgIpc) is 2.56. The van der Waals surface area contributed by atoms with Gasteiger partial charge in [0.05, 0.1) is 0 Å². The molecule has 0 radical (unpaired) electrons. The maximum atomic E-state index is 3.90. The second kappa shape index (κ2) is 9.66. The van der Waals surface area contributed by atoms with Crippen LogP contribution >= 0.6 is 15.8 Å². The molecule has 0 aliphatic carbocycles. The van der Waals surface area contributed by atoms with E-state index in [1.165, 1.54) is 34.2 Å². The fourth-order valence-corrected chi connectivity index (χ4v) is 8.92. The lowest BCUT2D eigenvalue weighted by atomic mass is 10.0. The SMILES string of the molecule is CC(C)P(Cc1[c-]c(CP(C(C)C)C(C)C)c2ccccc2c1)C(C)C. The van der Waals surface area contributed by atoms with Crippen molar-refractivity contribution >= 4 is 26.6 Å². The van der Waals surface area contributed by atoms with E-state index in [2.05, 4.69) is 91.8 Å². The maximum Gasteiger partial charge on any atom is -0.0261 e. The molecule has 2 rings (SSSR count). The predicted molar refractivity (Wildman–Crippen MR) is 125 cm³/mol. The lowest BCUT2D eigenvalue weighted by Crippen LogP contribution is -2.08. The van der Waals surface area contributed by atoms with E-state index in [0.717, 1.165) is 22.6 Å². The van der Waals surface area contributed by atoms with Crippen molar-refractivity contribution in [3.63, 3.8) is 0 Å². The monoisotopic (exact) mass is 387 g/mol. The van der Waals surface area contributed by atoms with Gasteiger partial charge in [-0.2, -0.15) is 17.7 Å². The van der Waals surface area contributed by atoms with Crippen LogP contribution in [-0.2, 0) is 12.3 Å². The molecule has 0 aromatic heterocycles. The van der Waals surface area contributed by atoms with Crippen LogP contribution in [0, 0.1) is 6.07 Å². The third-order valence-electron chi connectivity index (χ3n) is 5.27. The summed E-state index contributed by atoms with van der Waals surface area (Å²) in [7, 11) is -0.00562. The molecule has 0 bridgehead atoms. The van der Waals surface area contributed by atoms with E-state index in [1.807, 2.05) is 0 Å². The van der Waals surface area contributed by atoms with Gasteiger partial charge in [0.25, 0.3) is 0 Å². The van der Waals surface area contributed by atoms with Gasteiger partial charge < -0.3 is 0 Å². The van der Waals surface area contributed by atoms with Gasteiger partial charge in [-0.05, 0) is 35.0 Å². The first-order chi connectivity index (χ1) is 12.2. The second-order valence-corrected chi connectivity index (χ2v) is 15.4. The summed E-state index contributed by atoms with van der Waals surface area (Å²) in [5.74, 6) is 0. The van der Waals surface area contributed by atoms with Crippen molar-refractivity contribution in [2.75, 3.05) is 0 Å². The highest BCUT2D eigenvalue weighted by Gasteiger charge is 2.18. The molecule has 0 nitrogen and oxygen atoms in total. The van der Waals surface area contributed by atoms with Crippen LogP contribution < -0.4 is 0 Å². The number of hydrogen-bond donors (Lipinski definition) is 0. The van der Waals surface area contributed by atoms with Crippen LogP contribution in [0.3, 0.4) is 0 Å². The van der Waals surface area contributed by atoms with Crippen LogP contribution in [0.15, 0.2) is 30.3 Å². The number of rotatable bonds is 8. The standard InChI is InChI=1S/C24H37P2/c1-17(2)25(18(3)4)15-21-13-22-11-9-10-12-24(22)23(14-21)16-26(19(5)6)20(7)8/h9-13,17-20H,15-16H2,1-8H3/q-1. The van der Waals surface area contributed by atoms with Crippen molar-refractivity contribution < 1.29 is 0 Å². The topological polar surface area (TPSA) is 0 Å². The molecule has 0 N–H and O–H groups in total. The van der Waals surface area contributed by atoms with Crippen molar-refractivity contribution in [2.24, 2.45) is 0 Å². The molecule has 0 atom stereocenters. The molecule has 0 unspecified atom stereocenters. The Kier molecular flexibility index (Phi) is 8.12. The highest BCUT2D eigenvalue weighted by molar-refractivity contribution is 7.58. The zero-order valence-corrected chi connectivity index (χ0v) is 19.8. The normalized spacial score (nSPS) is 12.7. The first-order valence-corrected chi connectivity index (χ1v) is 13.5. The Morgan fingerprint density at radius 1 is 0.731 bits per heavy atom. The molecular formula is C24H37P2-. The smallest absolute Gasteiger partial charge is 0.0261 e. The van der Waals surface area contributed by atoms with Gasteiger partial charge in [0.1, 0.15) is 0 Å². The van der Waals surface area contributed by atoms with Crippen LogP contribution in [0.5, 0.6) is 0 Å². The molecule has 2 aromatic carbocycles. The Morgan fingerprint density at radius 3 is 1.77 bits per heavy atom. The van der Waals surface area contributed by atoms with Gasteiger partial charge in [-0.1, -0.05) is 89.4 Å². The maximum absolute atomic E-state index is 3.90. The van der Waals surface area contributed by atoms with E-state index >= 15 is 0 Å². The van der Waals surface area contributed by atoms with Gasteiger partial charge in [0, 0.05) is 0 Å². The molecule has 0 aliphatic heterocycles. The van der Waals surface area contributed by atoms with Crippen molar-refractivity contribution in [1.82, 2.24) is 0 Å². The van der Waals surface area contributed by atoms with Gasteiger partial charge in [-0.15, -0.1) is 22.4 Å². The average molecular weight is 388 g/mol. The summed E-state index contributed by atoms with van der Waals surface area (Å²) in [6, 6.07) is 15.3. The van der Waals surface area contributed by atoms with Crippen LogP contribution in [0.1, 0.15) is 66.5 Å². The second-order valence-electron chi connectivity index (χ2n) is 8.58. The van der Waals surface area contributed by atoms with Gasteiger partial charge >= 0.3 is 0 Å². The van der Waals surface area contributed by atoms with Crippen molar-refractivity contribution in [3.05, 3.63) is 47.5 Å². The van der Waals surface area contributed by atoms with Gasteiger partial charge in [-0.25, -0.2) is 0 Å². The minimum absolute atomic E-state index is 0.00610. The number of fused-ring (bicyclic) bond motifs is 1. The van der Waals surface area contributed by atoms with E-state index in [0.29, 0.717) is 0 Å². The number of hydrogen-bond acceptors (Lipinski definition) is 0. The minimum atomic E-state index is -0.0117. The lowest BCUT2D eigenvalue weighted by Gasteiger charge is -2.31. The van der Waals surface area contributed by atoms with Crippen LogP contribution in [-0.4, -0.2) is 22.6 Å². The summed E-state index contributed by atoms with van der Waals surface area (Å²) in [4.78, 5) is 0. The van der Waals surface area contributed by atoms with Gasteiger partial charge in [-0.3, -0.25) is 0 Å². The quantitative estimate of drug-likeness (QED) is 0.316. The Bertz CT molecular complexity index is 684. The Balaban J connectivity index is 2.45. The molecule has 2 aromatic rings. The molecule has 0 saturated heterocycles. The van der Waals surface area contributed by atoms with Crippen molar-refractivity contribution in [1.29, 1.82) is 0 Å². The highest BCUT2D eigenvalue weighted by atomic mass is 31.1. The third kappa shape index (κ3) is 5.53. The van der Waals surface area contributed by atoms with E-state index in [4.69, 9.17) is 0 Å². The largest absolute Gasteiger partial charge is 0.176 e. The molecule has 144 valence electrons. The Labute approximate surface area is 164 Å². The molecule has 0 amide bonds. The van der Waals surface area contributed by atoms with Crippen molar-refractivity contribution in [2.45, 2.75) is 90.3 Å². The molecule has 0 aliphatic rings. The first kappa shape index (κ1) is 21.9. The van der Waals surface area contributed by atoms with Gasteiger partial charge in [0.2, 0.25) is 0 Å². The highest BCUT2D eigenvalue weighted by Crippen LogP contribution is 2.51. The first-order valence-electron chi connectivity index (χ1n) is 10.1. The lowest BCUT2D eigenvalue weighted by molar-refractivity contribution is 0.992. The van der Waals surface area contributed by atoms with Crippen LogP contribution in [0.25, 0.3) is 10.8 Å². The predicted octanol–water partition coefficient (Wildman–Crippen LogP) is 8.24. The minimum Gasteiger partial charge on any atom is -0.176 e. The van der Waals surface area contributed by atoms with E-state index in [9.17, 15) is 0 Å². The van der Waals surface area contributed by atoms with E-state index in [1.54, 1.807) is 0 Å². The summed E-state index contributed by atoms with van der Waals surface area (Å²) in [6.45, 7) is 19.2. The fraction of sp³-hybridized carbons (Fsp3) is 0.583. The molecule has 26 heavy (non-hydrogen) atoms. The molecule has 0 fully saturated rings. The molecule has 2 heteroatoms. The molecular weight excluding hydrogens is 350 g/mol. The molecule has 0 saturated carbocycles. The third-order valence-corrected chi connectivity index (χ3v) is 12.0. The van der Waals surface area contributed by atoms with Crippen LogP contribution in [0.4, 0.5) is 0 Å². The Morgan fingerprint density at radius 2 is 1.23 bits per heavy atom. The van der Waals surface area contributed by atoms with Gasteiger partial charge in [0.15, 0.2) is 0 Å². The fourth-order valence-electron chi connectivity index (χ4n) is 3.89. The van der Waals surface area contributed by atoms with E-state index in [-0.39, 0.29) is 15.8 Å². The number of benzene rings is 2. The van der Waals surface area contributed by atoms with Crippen LogP contribution in [0.2, 0.25) is 0 Å². The summed E-state index contributed by atoms with van der Waals surface area (Å²) in [6.07, 6.45) is 2.42. The summed E-state index contributed by atoms with van der Waals surface area (Å²) < 4.78 is 0. The summed E-state index contributed by atoms with van der Waals surface area (Å²) >= 11 is 0. The molecule has 0 spiro atoms. The summed E-state index contributed by atoms with van der Waals surface area (Å²) in [5, 5.41) is 2.82. The Hall–Kier alpha value is -0.440. The zero-order valence-electron chi connectivity index (χ0n) is 18.0. The summed E-state index contributed by atoms with van der Waals surface area (Å²) in [5.41, 5.74) is 5.99. The zero-order chi connectivity index (χ0) is 19.4. The van der Waals surface area contributed by atoms with E-state index < -0.39 is 0 Å². The van der Waals surface area contributed by atoms with Crippen molar-refractivity contribution in [3.8, 4) is 0 Å².